The number of aryl methyl sites for hydroxylation is 1. The average molecular weight is 428 g/mol. The predicted octanol–water partition coefficient (Wildman–Crippen LogP) is 5.36. The van der Waals surface area contributed by atoms with Crippen molar-refractivity contribution in [3.8, 4) is 0 Å². The Balaban J connectivity index is 1.82. The molecule has 6 heteroatoms. The number of benzene rings is 2. The number of carbonyl (C=O) groups is 2. The van der Waals surface area contributed by atoms with E-state index in [1.165, 1.54) is 23.9 Å². The van der Waals surface area contributed by atoms with E-state index in [2.05, 4.69) is 0 Å². The number of carboxylic acids is 1. The minimum absolute atomic E-state index is 0.000592. The first-order valence-corrected chi connectivity index (χ1v) is 11.3. The van der Waals surface area contributed by atoms with Gasteiger partial charge in [-0.15, -0.1) is 11.8 Å². The molecule has 2 aromatic rings. The highest BCUT2D eigenvalue weighted by molar-refractivity contribution is 8.01. The van der Waals surface area contributed by atoms with Gasteiger partial charge in [-0.3, -0.25) is 9.59 Å². The monoisotopic (exact) mass is 427 g/mol. The van der Waals surface area contributed by atoms with Gasteiger partial charge in [-0.1, -0.05) is 49.1 Å². The molecule has 1 N–H and O–H groups in total. The van der Waals surface area contributed by atoms with E-state index in [1.807, 2.05) is 31.2 Å². The number of thioether (sulfide) groups is 1. The van der Waals surface area contributed by atoms with Crippen molar-refractivity contribution in [3.63, 3.8) is 0 Å². The molecular formula is C24H26FNO3S. The molecule has 2 aliphatic rings. The van der Waals surface area contributed by atoms with E-state index in [0.29, 0.717) is 5.56 Å². The maximum atomic E-state index is 14.2. The number of amides is 1. The molecule has 0 radical (unpaired) electrons. The second-order valence-electron chi connectivity index (χ2n) is 8.34. The minimum Gasteiger partial charge on any atom is -0.480 e. The normalized spacial score (nSPS) is 24.9. The quantitative estimate of drug-likeness (QED) is 0.698. The lowest BCUT2D eigenvalue weighted by Gasteiger charge is -2.40. The molecule has 158 valence electrons. The Hall–Kier alpha value is -2.34. The highest BCUT2D eigenvalue weighted by Crippen LogP contribution is 2.54. The Kier molecular flexibility index (Phi) is 5.87. The molecule has 0 spiro atoms. The maximum absolute atomic E-state index is 14.2. The van der Waals surface area contributed by atoms with Crippen LogP contribution >= 0.6 is 11.8 Å². The van der Waals surface area contributed by atoms with Gasteiger partial charge < -0.3 is 10.0 Å². The lowest BCUT2D eigenvalue weighted by molar-refractivity contribution is -0.140. The number of aliphatic carboxylic acids is 1. The third-order valence-electron chi connectivity index (χ3n) is 6.24. The molecule has 1 aliphatic heterocycles. The first kappa shape index (κ1) is 20.9. The van der Waals surface area contributed by atoms with Crippen LogP contribution in [0.3, 0.4) is 0 Å². The van der Waals surface area contributed by atoms with E-state index in [9.17, 15) is 19.1 Å². The Morgan fingerprint density at radius 3 is 2.47 bits per heavy atom. The Morgan fingerprint density at radius 1 is 1.13 bits per heavy atom. The molecule has 0 aromatic heterocycles. The lowest BCUT2D eigenvalue weighted by Crippen LogP contribution is -2.45. The molecule has 0 bridgehead atoms. The van der Waals surface area contributed by atoms with Gasteiger partial charge in [0.25, 0.3) is 0 Å². The number of hydrogen-bond donors (Lipinski definition) is 1. The van der Waals surface area contributed by atoms with Crippen molar-refractivity contribution in [1.82, 2.24) is 4.90 Å². The highest BCUT2D eigenvalue weighted by atomic mass is 32.2. The van der Waals surface area contributed by atoms with Crippen molar-refractivity contribution in [1.29, 1.82) is 0 Å². The molecular weight excluding hydrogens is 401 g/mol. The third-order valence-corrected chi connectivity index (χ3v) is 7.65. The zero-order valence-corrected chi connectivity index (χ0v) is 17.8. The van der Waals surface area contributed by atoms with E-state index >= 15 is 0 Å². The molecule has 30 heavy (non-hydrogen) atoms. The Bertz CT molecular complexity index is 942. The Labute approximate surface area is 180 Å². The summed E-state index contributed by atoms with van der Waals surface area (Å²) in [6, 6.07) is 13.0. The zero-order valence-electron chi connectivity index (χ0n) is 17.0. The van der Waals surface area contributed by atoms with E-state index < -0.39 is 22.6 Å². The molecule has 1 heterocycles. The van der Waals surface area contributed by atoms with E-state index in [-0.39, 0.29) is 18.4 Å². The van der Waals surface area contributed by atoms with Crippen molar-refractivity contribution in [2.24, 2.45) is 0 Å². The minimum atomic E-state index is -1.41. The largest absolute Gasteiger partial charge is 0.480 e. The van der Waals surface area contributed by atoms with Crippen LogP contribution in [0.1, 0.15) is 55.7 Å². The summed E-state index contributed by atoms with van der Waals surface area (Å²) in [5.74, 6) is -1.61. The number of hydrogen-bond acceptors (Lipinski definition) is 3. The van der Waals surface area contributed by atoms with E-state index in [4.69, 9.17) is 0 Å². The van der Waals surface area contributed by atoms with Gasteiger partial charge in [0, 0.05) is 10.9 Å². The number of likely N-dealkylation sites (tertiary alicyclic amines) is 1. The van der Waals surface area contributed by atoms with Gasteiger partial charge in [-0.2, -0.15) is 0 Å². The second kappa shape index (κ2) is 8.42. The zero-order chi connectivity index (χ0) is 21.3. The summed E-state index contributed by atoms with van der Waals surface area (Å²) >= 11 is 1.21. The number of carbonyl (C=O) groups excluding carboxylic acids is 1. The summed E-state index contributed by atoms with van der Waals surface area (Å²) in [7, 11) is 0. The molecule has 2 aromatic carbocycles. The second-order valence-corrected chi connectivity index (χ2v) is 9.74. The van der Waals surface area contributed by atoms with Crippen LogP contribution in [0.5, 0.6) is 0 Å². The molecule has 4 nitrogen and oxygen atoms in total. The summed E-state index contributed by atoms with van der Waals surface area (Å²) in [6.07, 6.45) is 4.81. The molecule has 1 saturated heterocycles. The smallest absolute Gasteiger partial charge is 0.323 e. The van der Waals surface area contributed by atoms with Gasteiger partial charge >= 0.3 is 5.97 Å². The number of rotatable bonds is 5. The van der Waals surface area contributed by atoms with Crippen molar-refractivity contribution >= 4 is 23.6 Å². The molecule has 2 atom stereocenters. The molecule has 2 fully saturated rings. The van der Waals surface area contributed by atoms with Crippen LogP contribution in [0.25, 0.3) is 0 Å². The summed E-state index contributed by atoms with van der Waals surface area (Å²) in [5, 5.41) is 10.4. The molecule has 0 unspecified atom stereocenters. The fourth-order valence-electron chi connectivity index (χ4n) is 4.81. The van der Waals surface area contributed by atoms with Crippen molar-refractivity contribution in [2.75, 3.05) is 0 Å². The number of nitrogens with zero attached hydrogens (tertiary/aromatic N) is 1. The predicted molar refractivity (Wildman–Crippen MR) is 115 cm³/mol. The number of carboxylic acid groups (broad SMARTS) is 1. The Morgan fingerprint density at radius 2 is 1.83 bits per heavy atom. The summed E-state index contributed by atoms with van der Waals surface area (Å²) in [4.78, 5) is 28.6. The van der Waals surface area contributed by atoms with Gasteiger partial charge in [-0.25, -0.2) is 4.39 Å². The van der Waals surface area contributed by atoms with Crippen molar-refractivity contribution < 1.29 is 19.1 Å². The standard InChI is InChI=1S/C24H26FNO3S/c1-16-10-12-20(13-11-16)30-24(23(28)29)15-21(27)26(19-8-3-2-4-9-19)22(24)17-6-5-7-18(25)14-17/h5-7,10-14,19,22H,2-4,8-9,15H2,1H3,(H,28,29)/t22-,24-/m1/s1. The SMILES string of the molecule is Cc1ccc(S[C@]2(C(=O)O)CC(=O)N(C3CCCCC3)[C@@H]2c2cccc(F)c2)cc1. The van der Waals surface area contributed by atoms with E-state index in [0.717, 1.165) is 42.6 Å². The highest BCUT2D eigenvalue weighted by Gasteiger charge is 2.59. The first-order chi connectivity index (χ1) is 14.4. The molecule has 1 saturated carbocycles. The van der Waals surface area contributed by atoms with Crippen LogP contribution in [0.4, 0.5) is 4.39 Å². The van der Waals surface area contributed by atoms with Crippen LogP contribution in [0.15, 0.2) is 53.4 Å². The number of halogens is 1. The first-order valence-electron chi connectivity index (χ1n) is 10.5. The van der Waals surface area contributed by atoms with Gasteiger partial charge in [0.2, 0.25) is 5.91 Å². The summed E-state index contributed by atoms with van der Waals surface area (Å²) in [6.45, 7) is 1.97. The average Bonchev–Trinajstić information content (AvgIpc) is 3.03. The topological polar surface area (TPSA) is 57.6 Å². The van der Waals surface area contributed by atoms with Gasteiger partial charge in [0.1, 0.15) is 5.82 Å². The third kappa shape index (κ3) is 3.85. The van der Waals surface area contributed by atoms with Gasteiger partial charge in [-0.05, 0) is 49.6 Å². The molecule has 4 rings (SSSR count). The van der Waals surface area contributed by atoms with Crippen molar-refractivity contribution in [3.05, 3.63) is 65.5 Å². The summed E-state index contributed by atoms with van der Waals surface area (Å²) in [5.41, 5.74) is 1.63. The fraction of sp³-hybridized carbons (Fsp3) is 0.417. The van der Waals surface area contributed by atoms with Crippen LogP contribution in [-0.2, 0) is 9.59 Å². The van der Waals surface area contributed by atoms with Crippen LogP contribution in [0.2, 0.25) is 0 Å². The summed E-state index contributed by atoms with van der Waals surface area (Å²) < 4.78 is 12.7. The fourth-order valence-corrected chi connectivity index (χ4v) is 6.14. The van der Waals surface area contributed by atoms with Crippen molar-refractivity contribution in [2.45, 2.75) is 67.2 Å². The van der Waals surface area contributed by atoms with Crippen LogP contribution in [0, 0.1) is 12.7 Å². The van der Waals surface area contributed by atoms with Gasteiger partial charge in [0.05, 0.1) is 12.5 Å². The molecule has 1 amide bonds. The maximum Gasteiger partial charge on any atom is 0.323 e. The van der Waals surface area contributed by atoms with Gasteiger partial charge in [0.15, 0.2) is 4.75 Å². The van der Waals surface area contributed by atoms with E-state index in [1.54, 1.807) is 17.0 Å². The molecule has 1 aliphatic carbocycles. The van der Waals surface area contributed by atoms with Crippen LogP contribution < -0.4 is 0 Å². The lowest BCUT2D eigenvalue weighted by atomic mass is 9.89. The van der Waals surface area contributed by atoms with Crippen LogP contribution in [-0.4, -0.2) is 32.7 Å².